The maximum atomic E-state index is 12.9. The Hall–Kier alpha value is -2.56. The van der Waals surface area contributed by atoms with Crippen LogP contribution in [-0.2, 0) is 16.0 Å². The lowest BCUT2D eigenvalue weighted by molar-refractivity contribution is -0.159. The Morgan fingerprint density at radius 2 is 1.89 bits per heavy atom. The van der Waals surface area contributed by atoms with Crippen LogP contribution in [0.1, 0.15) is 32.3 Å². The lowest BCUT2D eigenvalue weighted by Gasteiger charge is -2.42. The summed E-state index contributed by atoms with van der Waals surface area (Å²) in [5.41, 5.74) is 1.19. The molecule has 5 nitrogen and oxygen atoms in total. The monoisotopic (exact) mass is 369 g/mol. The van der Waals surface area contributed by atoms with E-state index in [0.717, 1.165) is 19.4 Å². The quantitative estimate of drug-likeness (QED) is 0.672. The molecule has 1 heterocycles. The Bertz CT molecular complexity index is 671. The van der Waals surface area contributed by atoms with Crippen molar-refractivity contribution in [3.05, 3.63) is 61.0 Å². The first-order valence-electron chi connectivity index (χ1n) is 9.61. The molecule has 0 N–H and O–H groups in total. The van der Waals surface area contributed by atoms with E-state index in [0.29, 0.717) is 13.0 Å². The topological polar surface area (TPSA) is 43.9 Å². The molecule has 0 spiro atoms. The van der Waals surface area contributed by atoms with Gasteiger partial charge in [-0.15, -0.1) is 0 Å². The van der Waals surface area contributed by atoms with Gasteiger partial charge < -0.3 is 14.7 Å². The van der Waals surface area contributed by atoms with Gasteiger partial charge in [0.15, 0.2) is 0 Å². The van der Waals surface area contributed by atoms with Gasteiger partial charge in [-0.05, 0) is 51.1 Å². The van der Waals surface area contributed by atoms with Crippen molar-refractivity contribution in [2.24, 2.45) is 0 Å². The zero-order valence-corrected chi connectivity index (χ0v) is 16.7. The Morgan fingerprint density at radius 3 is 2.52 bits per heavy atom. The maximum Gasteiger partial charge on any atom is 0.245 e. The van der Waals surface area contributed by atoms with E-state index in [9.17, 15) is 9.59 Å². The van der Waals surface area contributed by atoms with Crippen LogP contribution in [-0.4, -0.2) is 58.7 Å². The summed E-state index contributed by atoms with van der Waals surface area (Å²) >= 11 is 0. The molecule has 0 saturated carbocycles. The third kappa shape index (κ3) is 5.22. The highest BCUT2D eigenvalue weighted by Crippen LogP contribution is 2.21. The van der Waals surface area contributed by atoms with Crippen molar-refractivity contribution >= 4 is 11.8 Å². The minimum Gasteiger partial charge on any atom is -0.355 e. The Morgan fingerprint density at radius 1 is 1.19 bits per heavy atom. The number of carbonyl (C=O) groups excluding carboxylic acids is 2. The number of nitrogens with zero attached hydrogens (tertiary/aromatic N) is 3. The number of aryl methyl sites for hydroxylation is 1. The average molecular weight is 370 g/mol. The zero-order chi connectivity index (χ0) is 19.8. The SMILES string of the molecule is C=CN(/C=C\C)CCCN1C(=O)C(C)N(C)C(=O)C1CCc1ccccc1. The highest BCUT2D eigenvalue weighted by molar-refractivity contribution is 5.96. The van der Waals surface area contributed by atoms with Gasteiger partial charge in [0.25, 0.3) is 0 Å². The molecule has 27 heavy (non-hydrogen) atoms. The largest absolute Gasteiger partial charge is 0.355 e. The van der Waals surface area contributed by atoms with Gasteiger partial charge in [0.05, 0.1) is 0 Å². The van der Waals surface area contributed by atoms with Gasteiger partial charge in [0.1, 0.15) is 12.1 Å². The molecule has 1 saturated heterocycles. The first-order valence-corrected chi connectivity index (χ1v) is 9.61. The number of amides is 2. The lowest BCUT2D eigenvalue weighted by atomic mass is 9.98. The molecule has 5 heteroatoms. The van der Waals surface area contributed by atoms with Gasteiger partial charge >= 0.3 is 0 Å². The number of hydrogen-bond donors (Lipinski definition) is 0. The van der Waals surface area contributed by atoms with Crippen LogP contribution in [0.4, 0.5) is 0 Å². The standard InChI is InChI=1S/C22H31N3O2/c1-5-15-24(6-2)16-10-17-25-20(14-13-19-11-8-7-9-12-19)22(27)23(4)18(3)21(25)26/h5-9,11-12,15,18,20H,2,10,13-14,16-17H2,1,3-4H3/b15-5-. The molecular formula is C22H31N3O2. The third-order valence-electron chi connectivity index (χ3n) is 5.17. The highest BCUT2D eigenvalue weighted by Gasteiger charge is 2.41. The summed E-state index contributed by atoms with van der Waals surface area (Å²) in [5.74, 6) is 0.0680. The molecule has 0 bridgehead atoms. The van der Waals surface area contributed by atoms with Crippen molar-refractivity contribution in [3.63, 3.8) is 0 Å². The number of benzene rings is 1. The predicted octanol–water partition coefficient (Wildman–Crippen LogP) is 3.05. The summed E-state index contributed by atoms with van der Waals surface area (Å²) in [6.45, 7) is 8.91. The fourth-order valence-electron chi connectivity index (χ4n) is 3.45. The van der Waals surface area contributed by atoms with Crippen LogP contribution in [0.3, 0.4) is 0 Å². The normalized spacial score (nSPS) is 20.4. The molecule has 1 aliphatic rings. The van der Waals surface area contributed by atoms with E-state index in [1.807, 2.05) is 42.3 Å². The van der Waals surface area contributed by atoms with Crippen molar-refractivity contribution in [2.75, 3.05) is 20.1 Å². The van der Waals surface area contributed by atoms with Gasteiger partial charge in [-0.3, -0.25) is 9.59 Å². The summed E-state index contributed by atoms with van der Waals surface area (Å²) in [5, 5.41) is 0. The second kappa shape index (κ2) is 9.95. The minimum absolute atomic E-state index is 0.0337. The molecule has 0 radical (unpaired) electrons. The number of rotatable bonds is 9. The van der Waals surface area contributed by atoms with Crippen LogP contribution in [0.15, 0.2) is 55.4 Å². The van der Waals surface area contributed by atoms with Crippen molar-refractivity contribution in [2.45, 2.75) is 45.2 Å². The van der Waals surface area contributed by atoms with Crippen LogP contribution in [0.25, 0.3) is 0 Å². The molecule has 2 atom stereocenters. The molecule has 2 rings (SSSR count). The maximum absolute atomic E-state index is 12.9. The number of carbonyl (C=O) groups is 2. The van der Waals surface area contributed by atoms with E-state index in [1.54, 1.807) is 30.0 Å². The molecule has 146 valence electrons. The first-order chi connectivity index (χ1) is 13.0. The second-order valence-electron chi connectivity index (χ2n) is 6.95. The summed E-state index contributed by atoms with van der Waals surface area (Å²) < 4.78 is 0. The Labute approximate surface area is 162 Å². The van der Waals surface area contributed by atoms with Crippen molar-refractivity contribution in [3.8, 4) is 0 Å². The Kier molecular flexibility index (Phi) is 7.65. The van der Waals surface area contributed by atoms with Gasteiger partial charge in [-0.1, -0.05) is 43.0 Å². The van der Waals surface area contributed by atoms with Crippen LogP contribution >= 0.6 is 0 Å². The van der Waals surface area contributed by atoms with E-state index < -0.39 is 12.1 Å². The lowest BCUT2D eigenvalue weighted by Crippen LogP contribution is -2.63. The van der Waals surface area contributed by atoms with Crippen LogP contribution in [0.5, 0.6) is 0 Å². The summed E-state index contributed by atoms with van der Waals surface area (Å²) in [7, 11) is 1.73. The van der Waals surface area contributed by atoms with Gasteiger partial charge in [0, 0.05) is 20.1 Å². The number of likely N-dealkylation sites (N-methyl/N-ethyl adjacent to an activating group) is 1. The third-order valence-corrected chi connectivity index (χ3v) is 5.17. The van der Waals surface area contributed by atoms with Gasteiger partial charge in [-0.25, -0.2) is 0 Å². The highest BCUT2D eigenvalue weighted by atomic mass is 16.2. The fourth-order valence-corrected chi connectivity index (χ4v) is 3.45. The molecule has 2 amide bonds. The molecule has 1 aliphatic heterocycles. The number of piperazine rings is 1. The average Bonchev–Trinajstić information content (AvgIpc) is 2.69. The van der Waals surface area contributed by atoms with E-state index in [4.69, 9.17) is 0 Å². The Balaban J connectivity index is 2.06. The fraction of sp³-hybridized carbons (Fsp3) is 0.455. The molecule has 1 aromatic carbocycles. The predicted molar refractivity (Wildman–Crippen MR) is 109 cm³/mol. The second-order valence-corrected chi connectivity index (χ2v) is 6.95. The molecule has 0 aromatic heterocycles. The molecular weight excluding hydrogens is 338 g/mol. The summed E-state index contributed by atoms with van der Waals surface area (Å²) in [6.07, 6.45) is 7.89. The van der Waals surface area contributed by atoms with Gasteiger partial charge in [0.2, 0.25) is 11.8 Å². The van der Waals surface area contributed by atoms with Gasteiger partial charge in [-0.2, -0.15) is 0 Å². The smallest absolute Gasteiger partial charge is 0.245 e. The molecule has 2 unspecified atom stereocenters. The van der Waals surface area contributed by atoms with Crippen molar-refractivity contribution in [1.82, 2.24) is 14.7 Å². The number of hydrogen-bond acceptors (Lipinski definition) is 3. The van der Waals surface area contributed by atoms with Crippen LogP contribution in [0, 0.1) is 0 Å². The van der Waals surface area contributed by atoms with E-state index in [1.165, 1.54) is 5.56 Å². The zero-order valence-electron chi connectivity index (χ0n) is 16.7. The van der Waals surface area contributed by atoms with Crippen molar-refractivity contribution < 1.29 is 9.59 Å². The summed E-state index contributed by atoms with van der Waals surface area (Å²) in [6, 6.07) is 9.31. The molecule has 1 fully saturated rings. The molecule has 1 aromatic rings. The van der Waals surface area contributed by atoms with E-state index in [2.05, 4.69) is 18.7 Å². The molecule has 0 aliphatic carbocycles. The van der Waals surface area contributed by atoms with E-state index in [-0.39, 0.29) is 11.8 Å². The van der Waals surface area contributed by atoms with Crippen molar-refractivity contribution in [1.29, 1.82) is 0 Å². The van der Waals surface area contributed by atoms with E-state index >= 15 is 0 Å². The first kappa shape index (κ1) is 20.7. The van der Waals surface area contributed by atoms with Crippen LogP contribution in [0.2, 0.25) is 0 Å². The summed E-state index contributed by atoms with van der Waals surface area (Å²) in [4.78, 5) is 31.1. The minimum atomic E-state index is -0.406. The number of allylic oxidation sites excluding steroid dienone is 1. The van der Waals surface area contributed by atoms with Crippen LogP contribution < -0.4 is 0 Å².